The molecule has 0 aromatic heterocycles. The van der Waals surface area contributed by atoms with Gasteiger partial charge in [-0.3, -0.25) is 0 Å². The van der Waals surface area contributed by atoms with Crippen LogP contribution in [-0.2, 0) is 0 Å². The Morgan fingerprint density at radius 1 is 1.05 bits per heavy atom. The van der Waals surface area contributed by atoms with E-state index in [1.165, 1.54) is 12.1 Å². The summed E-state index contributed by atoms with van der Waals surface area (Å²) < 4.78 is 43.9. The van der Waals surface area contributed by atoms with Crippen LogP contribution in [0.3, 0.4) is 0 Å². The maximum absolute atomic E-state index is 12.8. The van der Waals surface area contributed by atoms with Gasteiger partial charge in [0.15, 0.2) is 6.10 Å². The summed E-state index contributed by atoms with van der Waals surface area (Å²) in [6.45, 7) is 3.59. The number of hydrogen-bond acceptors (Lipinski definition) is 2. The van der Waals surface area contributed by atoms with Crippen LogP contribution < -0.4 is 4.74 Å². The van der Waals surface area contributed by atoms with Gasteiger partial charge < -0.3 is 9.84 Å². The highest BCUT2D eigenvalue weighted by molar-refractivity contribution is 5.91. The van der Waals surface area contributed by atoms with Crippen LogP contribution in [0, 0.1) is 0 Å². The van der Waals surface area contributed by atoms with Gasteiger partial charge in [0.2, 0.25) is 0 Å². The number of aliphatic hydroxyl groups excluding tert-OH is 1. The van der Waals surface area contributed by atoms with E-state index in [4.69, 9.17) is 4.74 Å². The van der Waals surface area contributed by atoms with Crippen LogP contribution >= 0.6 is 0 Å². The van der Waals surface area contributed by atoms with E-state index in [9.17, 15) is 18.3 Å². The second-order valence-corrected chi connectivity index (χ2v) is 4.81. The van der Waals surface area contributed by atoms with Gasteiger partial charge >= 0.3 is 6.18 Å². The fraction of sp³-hybridized carbons (Fsp3) is 0.333. The molecular formula is C15H15F3O2. The van der Waals surface area contributed by atoms with Crippen molar-refractivity contribution >= 4 is 10.8 Å². The molecule has 0 radical (unpaired) electrons. The third-order valence-electron chi connectivity index (χ3n) is 2.87. The monoisotopic (exact) mass is 284 g/mol. The fourth-order valence-electron chi connectivity index (χ4n) is 2.09. The molecule has 0 saturated heterocycles. The topological polar surface area (TPSA) is 29.5 Å². The van der Waals surface area contributed by atoms with E-state index in [-0.39, 0.29) is 11.7 Å². The zero-order chi connectivity index (χ0) is 14.9. The SMILES string of the molecule is CC(C)Oc1cccc2cccc(C(O)C(F)(F)F)c12. The van der Waals surface area contributed by atoms with Crippen molar-refractivity contribution in [3.63, 3.8) is 0 Å². The molecule has 2 rings (SSSR count). The Morgan fingerprint density at radius 3 is 2.20 bits per heavy atom. The quantitative estimate of drug-likeness (QED) is 0.914. The van der Waals surface area contributed by atoms with Crippen molar-refractivity contribution in [2.24, 2.45) is 0 Å². The average molecular weight is 284 g/mol. The highest BCUT2D eigenvalue weighted by atomic mass is 19.4. The lowest BCUT2D eigenvalue weighted by Gasteiger charge is -2.19. The van der Waals surface area contributed by atoms with Crippen molar-refractivity contribution in [1.29, 1.82) is 0 Å². The molecular weight excluding hydrogens is 269 g/mol. The lowest BCUT2D eigenvalue weighted by atomic mass is 9.99. The molecule has 0 amide bonds. The number of halogens is 3. The molecule has 108 valence electrons. The summed E-state index contributed by atoms with van der Waals surface area (Å²) in [6, 6.07) is 9.46. The van der Waals surface area contributed by atoms with Gasteiger partial charge in [0, 0.05) is 10.9 Å². The van der Waals surface area contributed by atoms with Crippen molar-refractivity contribution in [3.05, 3.63) is 42.0 Å². The summed E-state index contributed by atoms with van der Waals surface area (Å²) in [5, 5.41) is 10.4. The molecule has 0 aliphatic heterocycles. The van der Waals surface area contributed by atoms with Crippen LogP contribution in [0.25, 0.3) is 10.8 Å². The number of rotatable bonds is 3. The van der Waals surface area contributed by atoms with Crippen LogP contribution in [0.15, 0.2) is 36.4 Å². The van der Waals surface area contributed by atoms with Crippen LogP contribution in [0.1, 0.15) is 25.5 Å². The Bertz CT molecular complexity index is 600. The highest BCUT2D eigenvalue weighted by Crippen LogP contribution is 2.39. The molecule has 1 unspecified atom stereocenters. The first-order valence-electron chi connectivity index (χ1n) is 6.24. The molecule has 1 atom stereocenters. The first-order chi connectivity index (χ1) is 9.30. The zero-order valence-electron chi connectivity index (χ0n) is 11.1. The molecule has 2 aromatic rings. The molecule has 0 aliphatic rings. The number of alkyl halides is 3. The number of ether oxygens (including phenoxy) is 1. The summed E-state index contributed by atoms with van der Waals surface area (Å²) in [6.07, 6.45) is -7.40. The molecule has 0 aliphatic carbocycles. The van der Waals surface area contributed by atoms with Crippen molar-refractivity contribution in [2.75, 3.05) is 0 Å². The fourth-order valence-corrected chi connectivity index (χ4v) is 2.09. The molecule has 5 heteroatoms. The van der Waals surface area contributed by atoms with Gasteiger partial charge in [-0.2, -0.15) is 13.2 Å². The van der Waals surface area contributed by atoms with Gasteiger partial charge in [0.1, 0.15) is 5.75 Å². The van der Waals surface area contributed by atoms with E-state index in [0.29, 0.717) is 16.5 Å². The Morgan fingerprint density at radius 2 is 1.65 bits per heavy atom. The second kappa shape index (κ2) is 5.32. The highest BCUT2D eigenvalue weighted by Gasteiger charge is 2.40. The summed E-state index contributed by atoms with van der Waals surface area (Å²) in [7, 11) is 0. The van der Waals surface area contributed by atoms with Gasteiger partial charge in [0.25, 0.3) is 0 Å². The molecule has 0 spiro atoms. The first-order valence-corrected chi connectivity index (χ1v) is 6.24. The molecule has 1 N–H and O–H groups in total. The maximum Gasteiger partial charge on any atom is 0.418 e. The predicted octanol–water partition coefficient (Wildman–Crippen LogP) is 4.22. The van der Waals surface area contributed by atoms with Crippen LogP contribution in [-0.4, -0.2) is 17.4 Å². The Balaban J connectivity index is 2.66. The summed E-state index contributed by atoms with van der Waals surface area (Å²) in [5.74, 6) is 0.344. The van der Waals surface area contributed by atoms with Gasteiger partial charge in [-0.25, -0.2) is 0 Å². The lowest BCUT2D eigenvalue weighted by molar-refractivity contribution is -0.206. The minimum atomic E-state index is -4.71. The molecule has 2 nitrogen and oxygen atoms in total. The summed E-state index contributed by atoms with van der Waals surface area (Å²) in [5.41, 5.74) is -0.189. The molecule has 0 saturated carbocycles. The number of fused-ring (bicyclic) bond motifs is 1. The van der Waals surface area contributed by atoms with Crippen LogP contribution in [0.2, 0.25) is 0 Å². The van der Waals surface area contributed by atoms with Crippen molar-refractivity contribution in [1.82, 2.24) is 0 Å². The Labute approximate surface area is 114 Å². The lowest BCUT2D eigenvalue weighted by Crippen LogP contribution is -2.20. The van der Waals surface area contributed by atoms with Gasteiger partial charge in [0.05, 0.1) is 6.10 Å². The summed E-state index contributed by atoms with van der Waals surface area (Å²) in [4.78, 5) is 0. The molecule has 0 heterocycles. The minimum absolute atomic E-state index is 0.170. The maximum atomic E-state index is 12.8. The summed E-state index contributed by atoms with van der Waals surface area (Å²) >= 11 is 0. The van der Waals surface area contributed by atoms with E-state index in [1.54, 1.807) is 38.1 Å². The van der Waals surface area contributed by atoms with E-state index >= 15 is 0 Å². The molecule has 20 heavy (non-hydrogen) atoms. The van der Waals surface area contributed by atoms with Crippen molar-refractivity contribution in [3.8, 4) is 5.75 Å². The van der Waals surface area contributed by atoms with Crippen molar-refractivity contribution < 1.29 is 23.0 Å². The predicted molar refractivity (Wildman–Crippen MR) is 70.7 cm³/mol. The largest absolute Gasteiger partial charge is 0.490 e. The van der Waals surface area contributed by atoms with Gasteiger partial charge in [-0.1, -0.05) is 30.3 Å². The van der Waals surface area contributed by atoms with Crippen molar-refractivity contribution in [2.45, 2.75) is 32.2 Å². The smallest absolute Gasteiger partial charge is 0.418 e. The minimum Gasteiger partial charge on any atom is -0.490 e. The van der Waals surface area contributed by atoms with E-state index in [2.05, 4.69) is 0 Å². The third kappa shape index (κ3) is 2.88. The molecule has 2 aromatic carbocycles. The molecule has 0 fully saturated rings. The molecule has 0 bridgehead atoms. The number of hydrogen-bond donors (Lipinski definition) is 1. The Kier molecular flexibility index (Phi) is 3.90. The number of aliphatic hydroxyl groups is 1. The second-order valence-electron chi connectivity index (χ2n) is 4.81. The zero-order valence-corrected chi connectivity index (χ0v) is 11.1. The van der Waals surface area contributed by atoms with Crippen LogP contribution in [0.5, 0.6) is 5.75 Å². The van der Waals surface area contributed by atoms with E-state index < -0.39 is 12.3 Å². The van der Waals surface area contributed by atoms with Gasteiger partial charge in [-0.15, -0.1) is 0 Å². The van der Waals surface area contributed by atoms with Gasteiger partial charge in [-0.05, 0) is 25.3 Å². The van der Waals surface area contributed by atoms with E-state index in [0.717, 1.165) is 0 Å². The number of benzene rings is 2. The third-order valence-corrected chi connectivity index (χ3v) is 2.87. The Hall–Kier alpha value is -1.75. The first kappa shape index (κ1) is 14.7. The van der Waals surface area contributed by atoms with E-state index in [1.807, 2.05) is 0 Å². The normalized spacial score (nSPS) is 13.8. The van der Waals surface area contributed by atoms with Crippen LogP contribution in [0.4, 0.5) is 13.2 Å². The average Bonchev–Trinajstić information content (AvgIpc) is 2.35. The standard InChI is InChI=1S/C15H15F3O2/c1-9(2)20-12-8-4-6-10-5-3-7-11(13(10)12)14(19)15(16,17)18/h3-9,14,19H,1-2H3.